The average Bonchev–Trinajstić information content (AvgIpc) is 2.58. The molecule has 2 aromatic rings. The summed E-state index contributed by atoms with van der Waals surface area (Å²) < 4.78 is 0.964. The molecule has 2 nitrogen and oxygen atoms in total. The Kier molecular flexibility index (Phi) is 3.81. The van der Waals surface area contributed by atoms with Crippen LogP contribution in [0.4, 0.5) is 0 Å². The maximum absolute atomic E-state index is 5.98. The van der Waals surface area contributed by atoms with Crippen LogP contribution >= 0.6 is 39.1 Å². The highest BCUT2D eigenvalue weighted by molar-refractivity contribution is 9.10. The third-order valence-corrected chi connectivity index (χ3v) is 3.69. The highest BCUT2D eigenvalue weighted by Gasteiger charge is 2.15. The van der Waals surface area contributed by atoms with E-state index >= 15 is 0 Å². The van der Waals surface area contributed by atoms with Crippen LogP contribution in [0.25, 0.3) is 11.3 Å². The first-order chi connectivity index (χ1) is 7.99. The van der Waals surface area contributed by atoms with Crippen LogP contribution in [0, 0.1) is 0 Å². The van der Waals surface area contributed by atoms with Crippen LogP contribution in [-0.4, -0.2) is 10.2 Å². The lowest BCUT2D eigenvalue weighted by Crippen LogP contribution is -1.87. The lowest BCUT2D eigenvalue weighted by atomic mass is 10.1. The zero-order valence-electron chi connectivity index (χ0n) is 9.39. The second-order valence-corrected chi connectivity index (χ2v) is 5.78. The van der Waals surface area contributed by atoms with E-state index in [2.05, 4.69) is 40.0 Å². The molecule has 1 aromatic heterocycles. The van der Waals surface area contributed by atoms with E-state index in [-0.39, 0.29) is 0 Å². The number of aromatic nitrogens is 2. The quantitative estimate of drug-likeness (QED) is 0.796. The van der Waals surface area contributed by atoms with Crippen molar-refractivity contribution in [3.63, 3.8) is 0 Å². The van der Waals surface area contributed by atoms with Gasteiger partial charge in [-0.25, -0.2) is 0 Å². The molecule has 0 atom stereocenters. The number of aromatic amines is 1. The van der Waals surface area contributed by atoms with Crippen LogP contribution in [0.3, 0.4) is 0 Å². The summed E-state index contributed by atoms with van der Waals surface area (Å²) in [6, 6.07) is 5.40. The van der Waals surface area contributed by atoms with Crippen LogP contribution < -0.4 is 0 Å². The smallest absolute Gasteiger partial charge is 0.107 e. The zero-order valence-corrected chi connectivity index (χ0v) is 12.5. The number of hydrogen-bond acceptors (Lipinski definition) is 1. The van der Waals surface area contributed by atoms with Gasteiger partial charge >= 0.3 is 0 Å². The SMILES string of the molecule is CC(C)c1[nH]nc(-c2cc(Cl)cc(Cl)c2)c1Br. The molecule has 1 N–H and O–H groups in total. The fourth-order valence-corrected chi connectivity index (χ4v) is 3.00. The summed E-state index contributed by atoms with van der Waals surface area (Å²) in [7, 11) is 0. The van der Waals surface area contributed by atoms with Crippen molar-refractivity contribution in [3.8, 4) is 11.3 Å². The van der Waals surface area contributed by atoms with Crippen LogP contribution in [-0.2, 0) is 0 Å². The summed E-state index contributed by atoms with van der Waals surface area (Å²) >= 11 is 15.5. The van der Waals surface area contributed by atoms with E-state index in [1.807, 2.05) is 12.1 Å². The molecular weight excluding hydrogens is 323 g/mol. The van der Waals surface area contributed by atoms with E-state index in [9.17, 15) is 0 Å². The van der Waals surface area contributed by atoms with Gasteiger partial charge in [0.15, 0.2) is 0 Å². The Hall–Kier alpha value is -0.510. The van der Waals surface area contributed by atoms with Crippen molar-refractivity contribution >= 4 is 39.1 Å². The second-order valence-electron chi connectivity index (χ2n) is 4.11. The van der Waals surface area contributed by atoms with Gasteiger partial charge in [-0.3, -0.25) is 5.10 Å². The van der Waals surface area contributed by atoms with Crippen molar-refractivity contribution in [2.75, 3.05) is 0 Å². The zero-order chi connectivity index (χ0) is 12.6. The highest BCUT2D eigenvalue weighted by atomic mass is 79.9. The van der Waals surface area contributed by atoms with Crippen molar-refractivity contribution in [2.45, 2.75) is 19.8 Å². The molecule has 90 valence electrons. The topological polar surface area (TPSA) is 28.7 Å². The van der Waals surface area contributed by atoms with Gasteiger partial charge in [0.25, 0.3) is 0 Å². The molecule has 0 bridgehead atoms. The fraction of sp³-hybridized carbons (Fsp3) is 0.250. The van der Waals surface area contributed by atoms with Crippen LogP contribution in [0.5, 0.6) is 0 Å². The van der Waals surface area contributed by atoms with Gasteiger partial charge in [0.1, 0.15) is 5.69 Å². The predicted molar refractivity (Wildman–Crippen MR) is 75.8 cm³/mol. The number of nitrogens with one attached hydrogen (secondary N) is 1. The van der Waals surface area contributed by atoms with Gasteiger partial charge in [0.2, 0.25) is 0 Å². The molecule has 0 saturated carbocycles. The van der Waals surface area contributed by atoms with Gasteiger partial charge in [-0.15, -0.1) is 0 Å². The minimum Gasteiger partial charge on any atom is -0.281 e. The number of hydrogen-bond donors (Lipinski definition) is 1. The average molecular weight is 334 g/mol. The molecule has 2 rings (SSSR count). The molecule has 0 amide bonds. The standard InChI is InChI=1S/C12H11BrCl2N2/c1-6(2)11-10(13)12(17-16-11)7-3-8(14)5-9(15)4-7/h3-6H,1-2H3,(H,16,17). The maximum Gasteiger partial charge on any atom is 0.107 e. The van der Waals surface area contributed by atoms with E-state index in [1.54, 1.807) is 6.07 Å². The summed E-state index contributed by atoms with van der Waals surface area (Å²) in [6.07, 6.45) is 0. The first-order valence-electron chi connectivity index (χ1n) is 5.19. The third-order valence-electron chi connectivity index (χ3n) is 2.45. The van der Waals surface area contributed by atoms with Crippen LogP contribution in [0.2, 0.25) is 10.0 Å². The van der Waals surface area contributed by atoms with Crippen molar-refractivity contribution in [1.29, 1.82) is 0 Å². The maximum atomic E-state index is 5.98. The summed E-state index contributed by atoms with van der Waals surface area (Å²) in [6.45, 7) is 4.21. The van der Waals surface area contributed by atoms with Gasteiger partial charge in [0.05, 0.1) is 10.2 Å². The van der Waals surface area contributed by atoms with Crippen molar-refractivity contribution in [2.24, 2.45) is 0 Å². The van der Waals surface area contributed by atoms with Gasteiger partial charge in [-0.05, 0) is 40.0 Å². The number of rotatable bonds is 2. The summed E-state index contributed by atoms with van der Waals surface area (Å²) in [5, 5.41) is 8.54. The Labute approximate surface area is 118 Å². The van der Waals surface area contributed by atoms with E-state index in [1.165, 1.54) is 0 Å². The van der Waals surface area contributed by atoms with Crippen LogP contribution in [0.1, 0.15) is 25.5 Å². The molecule has 1 heterocycles. The molecule has 0 aliphatic carbocycles. The van der Waals surface area contributed by atoms with Gasteiger partial charge < -0.3 is 0 Å². The Bertz CT molecular complexity index is 529. The predicted octanol–water partition coefficient (Wildman–Crippen LogP) is 5.27. The molecule has 0 aliphatic rings. The lowest BCUT2D eigenvalue weighted by Gasteiger charge is -2.03. The normalized spacial score (nSPS) is 11.2. The number of benzene rings is 1. The number of halogens is 3. The minimum atomic E-state index is 0.375. The molecule has 0 unspecified atom stereocenters. The molecule has 5 heteroatoms. The van der Waals surface area contributed by atoms with E-state index < -0.39 is 0 Å². The Morgan fingerprint density at radius 3 is 2.24 bits per heavy atom. The first kappa shape index (κ1) is 12.9. The molecule has 1 aromatic carbocycles. The van der Waals surface area contributed by atoms with Crippen LogP contribution in [0.15, 0.2) is 22.7 Å². The minimum absolute atomic E-state index is 0.375. The monoisotopic (exact) mass is 332 g/mol. The highest BCUT2D eigenvalue weighted by Crippen LogP contribution is 2.34. The molecule has 0 radical (unpaired) electrons. The molecule has 0 aliphatic heterocycles. The third kappa shape index (κ3) is 2.67. The van der Waals surface area contributed by atoms with Crippen molar-refractivity contribution in [3.05, 3.63) is 38.4 Å². The Balaban J connectivity index is 2.53. The largest absolute Gasteiger partial charge is 0.281 e. The number of H-pyrrole nitrogens is 1. The van der Waals surface area contributed by atoms with Crippen molar-refractivity contribution < 1.29 is 0 Å². The summed E-state index contributed by atoms with van der Waals surface area (Å²) in [5.74, 6) is 0.375. The number of nitrogens with zero attached hydrogens (tertiary/aromatic N) is 1. The first-order valence-corrected chi connectivity index (χ1v) is 6.74. The van der Waals surface area contributed by atoms with E-state index in [4.69, 9.17) is 23.2 Å². The Morgan fingerprint density at radius 2 is 1.76 bits per heavy atom. The van der Waals surface area contributed by atoms with E-state index in [0.717, 1.165) is 21.4 Å². The molecule has 17 heavy (non-hydrogen) atoms. The van der Waals surface area contributed by atoms with Crippen molar-refractivity contribution in [1.82, 2.24) is 10.2 Å². The fourth-order valence-electron chi connectivity index (χ4n) is 1.61. The summed E-state index contributed by atoms with van der Waals surface area (Å²) in [4.78, 5) is 0. The molecule has 0 saturated heterocycles. The summed E-state index contributed by atoms with van der Waals surface area (Å²) in [5.41, 5.74) is 2.80. The molecular formula is C12H11BrCl2N2. The molecule has 0 spiro atoms. The Morgan fingerprint density at radius 1 is 1.18 bits per heavy atom. The second kappa shape index (κ2) is 5.01. The van der Waals surface area contributed by atoms with Gasteiger partial charge in [-0.1, -0.05) is 37.0 Å². The van der Waals surface area contributed by atoms with Gasteiger partial charge in [-0.2, -0.15) is 5.10 Å². The lowest BCUT2D eigenvalue weighted by molar-refractivity contribution is 0.807. The van der Waals surface area contributed by atoms with E-state index in [0.29, 0.717) is 16.0 Å². The van der Waals surface area contributed by atoms with Gasteiger partial charge in [0, 0.05) is 15.6 Å². The molecule has 0 fully saturated rings.